The minimum Gasteiger partial charge on any atom is -0.312 e. The van der Waals surface area contributed by atoms with E-state index in [1.165, 1.54) is 25.7 Å². The lowest BCUT2D eigenvalue weighted by atomic mass is 9.69. The minimum atomic E-state index is 0.434. The van der Waals surface area contributed by atoms with Crippen LogP contribution in [-0.4, -0.2) is 37.6 Å². The number of nitrogens with one attached hydrogen (secondary N) is 1. The predicted molar refractivity (Wildman–Crippen MR) is 85.5 cm³/mol. The standard InChI is InChI=1S/C17H36N2/c1-13(2)16(19(6)7)12-18-15-11-9-8-10-14(15)17(3,4)5/h13-16,18H,8-12H2,1-7H3. The Morgan fingerprint density at radius 3 is 2.16 bits per heavy atom. The molecule has 3 unspecified atom stereocenters. The number of rotatable bonds is 5. The van der Waals surface area contributed by atoms with E-state index in [1.54, 1.807) is 0 Å². The van der Waals surface area contributed by atoms with Gasteiger partial charge in [0.05, 0.1) is 0 Å². The first-order chi connectivity index (χ1) is 8.73. The number of likely N-dealkylation sites (N-methyl/N-ethyl adjacent to an activating group) is 1. The Labute approximate surface area is 121 Å². The third kappa shape index (κ3) is 5.07. The van der Waals surface area contributed by atoms with Crippen molar-refractivity contribution in [2.24, 2.45) is 17.3 Å². The van der Waals surface area contributed by atoms with Crippen LogP contribution in [0.3, 0.4) is 0 Å². The van der Waals surface area contributed by atoms with E-state index in [1.807, 2.05) is 0 Å². The minimum absolute atomic E-state index is 0.434. The van der Waals surface area contributed by atoms with Gasteiger partial charge >= 0.3 is 0 Å². The Bertz CT molecular complexity index is 244. The highest BCUT2D eigenvalue weighted by Gasteiger charge is 2.34. The highest BCUT2D eigenvalue weighted by atomic mass is 15.1. The summed E-state index contributed by atoms with van der Waals surface area (Å²) in [4.78, 5) is 2.37. The molecule has 3 atom stereocenters. The largest absolute Gasteiger partial charge is 0.312 e. The molecule has 1 rings (SSSR count). The van der Waals surface area contributed by atoms with Crippen molar-refractivity contribution >= 4 is 0 Å². The van der Waals surface area contributed by atoms with Gasteiger partial charge in [-0.3, -0.25) is 0 Å². The molecule has 19 heavy (non-hydrogen) atoms. The molecule has 2 heteroatoms. The van der Waals surface area contributed by atoms with Crippen molar-refractivity contribution in [1.29, 1.82) is 0 Å². The van der Waals surface area contributed by atoms with Gasteiger partial charge < -0.3 is 10.2 Å². The third-order valence-corrected chi connectivity index (χ3v) is 4.90. The molecule has 1 aliphatic rings. The normalized spacial score (nSPS) is 27.0. The quantitative estimate of drug-likeness (QED) is 0.816. The van der Waals surface area contributed by atoms with Gasteiger partial charge in [0.1, 0.15) is 0 Å². The van der Waals surface area contributed by atoms with Gasteiger partial charge in [-0.1, -0.05) is 47.5 Å². The molecule has 1 saturated carbocycles. The Morgan fingerprint density at radius 1 is 1.11 bits per heavy atom. The maximum Gasteiger partial charge on any atom is 0.0237 e. The van der Waals surface area contributed by atoms with Crippen LogP contribution in [0.2, 0.25) is 0 Å². The molecule has 0 saturated heterocycles. The fourth-order valence-corrected chi connectivity index (χ4v) is 3.70. The van der Waals surface area contributed by atoms with Gasteiger partial charge in [0, 0.05) is 18.6 Å². The molecular weight excluding hydrogens is 232 g/mol. The maximum absolute atomic E-state index is 3.90. The average molecular weight is 268 g/mol. The molecule has 0 aromatic heterocycles. The summed E-state index contributed by atoms with van der Waals surface area (Å²) in [6.45, 7) is 13.0. The molecule has 0 radical (unpaired) electrons. The van der Waals surface area contributed by atoms with E-state index in [0.717, 1.165) is 18.5 Å². The van der Waals surface area contributed by atoms with Gasteiger partial charge in [-0.15, -0.1) is 0 Å². The summed E-state index contributed by atoms with van der Waals surface area (Å²) in [5.74, 6) is 1.54. The predicted octanol–water partition coefficient (Wildman–Crippen LogP) is 3.77. The van der Waals surface area contributed by atoms with E-state index in [2.05, 4.69) is 58.9 Å². The van der Waals surface area contributed by atoms with Crippen LogP contribution in [0.4, 0.5) is 0 Å². The topological polar surface area (TPSA) is 15.3 Å². The highest BCUT2D eigenvalue weighted by Crippen LogP contribution is 2.38. The fourth-order valence-electron chi connectivity index (χ4n) is 3.70. The van der Waals surface area contributed by atoms with Crippen molar-refractivity contribution in [3.05, 3.63) is 0 Å². The number of nitrogens with zero attached hydrogens (tertiary/aromatic N) is 1. The third-order valence-electron chi connectivity index (χ3n) is 4.90. The van der Waals surface area contributed by atoms with Crippen LogP contribution in [0.5, 0.6) is 0 Å². The first kappa shape index (κ1) is 17.0. The molecule has 0 bridgehead atoms. The lowest BCUT2D eigenvalue weighted by molar-refractivity contribution is 0.119. The molecule has 0 amide bonds. The van der Waals surface area contributed by atoms with E-state index < -0.39 is 0 Å². The monoisotopic (exact) mass is 268 g/mol. The molecule has 1 fully saturated rings. The molecule has 0 spiro atoms. The van der Waals surface area contributed by atoms with E-state index in [9.17, 15) is 0 Å². The number of hydrogen-bond acceptors (Lipinski definition) is 2. The summed E-state index contributed by atoms with van der Waals surface area (Å²) in [7, 11) is 4.41. The van der Waals surface area contributed by atoms with Crippen LogP contribution in [0.25, 0.3) is 0 Å². The van der Waals surface area contributed by atoms with E-state index in [0.29, 0.717) is 17.4 Å². The van der Waals surface area contributed by atoms with Crippen LogP contribution >= 0.6 is 0 Å². The second-order valence-electron chi connectivity index (χ2n) is 8.05. The second kappa shape index (κ2) is 7.08. The lowest BCUT2D eigenvalue weighted by Crippen LogP contribution is -2.50. The van der Waals surface area contributed by atoms with Gasteiger partial charge in [0.15, 0.2) is 0 Å². The summed E-state index contributed by atoms with van der Waals surface area (Å²) in [6.07, 6.45) is 5.58. The molecular formula is C17H36N2. The Morgan fingerprint density at radius 2 is 1.68 bits per heavy atom. The summed E-state index contributed by atoms with van der Waals surface area (Å²) >= 11 is 0. The highest BCUT2D eigenvalue weighted by molar-refractivity contribution is 4.89. The van der Waals surface area contributed by atoms with Crippen LogP contribution in [0.1, 0.15) is 60.3 Å². The first-order valence-electron chi connectivity index (χ1n) is 8.13. The molecule has 0 aromatic rings. The van der Waals surface area contributed by atoms with Crippen molar-refractivity contribution in [3.8, 4) is 0 Å². The lowest BCUT2D eigenvalue weighted by Gasteiger charge is -2.42. The van der Waals surface area contributed by atoms with Crippen molar-refractivity contribution < 1.29 is 0 Å². The first-order valence-corrected chi connectivity index (χ1v) is 8.13. The summed E-state index contributed by atoms with van der Waals surface area (Å²) in [6, 6.07) is 1.36. The molecule has 1 aliphatic carbocycles. The van der Waals surface area contributed by atoms with Gasteiger partial charge in [-0.05, 0) is 44.2 Å². The van der Waals surface area contributed by atoms with E-state index >= 15 is 0 Å². The smallest absolute Gasteiger partial charge is 0.0237 e. The molecule has 2 nitrogen and oxygen atoms in total. The van der Waals surface area contributed by atoms with Gasteiger partial charge in [-0.2, -0.15) is 0 Å². The van der Waals surface area contributed by atoms with E-state index in [4.69, 9.17) is 0 Å². The molecule has 0 heterocycles. The van der Waals surface area contributed by atoms with Crippen molar-refractivity contribution in [2.45, 2.75) is 72.4 Å². The van der Waals surface area contributed by atoms with Gasteiger partial charge in [0.2, 0.25) is 0 Å². The second-order valence-corrected chi connectivity index (χ2v) is 8.05. The van der Waals surface area contributed by atoms with E-state index in [-0.39, 0.29) is 0 Å². The Kier molecular flexibility index (Phi) is 6.32. The fraction of sp³-hybridized carbons (Fsp3) is 1.00. The van der Waals surface area contributed by atoms with Crippen LogP contribution in [-0.2, 0) is 0 Å². The van der Waals surface area contributed by atoms with Crippen molar-refractivity contribution in [3.63, 3.8) is 0 Å². The van der Waals surface area contributed by atoms with Gasteiger partial charge in [0.25, 0.3) is 0 Å². The average Bonchev–Trinajstić information content (AvgIpc) is 2.27. The summed E-state index contributed by atoms with van der Waals surface area (Å²) < 4.78 is 0. The molecule has 0 aliphatic heterocycles. The zero-order chi connectivity index (χ0) is 14.6. The Hall–Kier alpha value is -0.0800. The molecule has 114 valence electrons. The zero-order valence-electron chi connectivity index (χ0n) is 14.3. The van der Waals surface area contributed by atoms with Crippen LogP contribution < -0.4 is 5.32 Å². The van der Waals surface area contributed by atoms with Crippen molar-refractivity contribution in [2.75, 3.05) is 20.6 Å². The van der Waals surface area contributed by atoms with Crippen LogP contribution in [0, 0.1) is 17.3 Å². The zero-order valence-corrected chi connectivity index (χ0v) is 14.3. The van der Waals surface area contributed by atoms with Crippen molar-refractivity contribution in [1.82, 2.24) is 10.2 Å². The SMILES string of the molecule is CC(C)C(CNC1CCCCC1C(C)(C)C)N(C)C. The molecule has 1 N–H and O–H groups in total. The maximum atomic E-state index is 3.90. The Balaban J connectivity index is 2.58. The summed E-state index contributed by atoms with van der Waals surface area (Å²) in [5.41, 5.74) is 0.434. The number of hydrogen-bond donors (Lipinski definition) is 1. The van der Waals surface area contributed by atoms with Gasteiger partial charge in [-0.25, -0.2) is 0 Å². The van der Waals surface area contributed by atoms with Crippen LogP contribution in [0.15, 0.2) is 0 Å². The molecule has 0 aromatic carbocycles. The summed E-state index contributed by atoms with van der Waals surface area (Å²) in [5, 5.41) is 3.90.